The molecule has 2 heterocycles. The van der Waals surface area contributed by atoms with E-state index >= 15 is 0 Å². The Balaban J connectivity index is 1.90. The Bertz CT molecular complexity index is 600. The summed E-state index contributed by atoms with van der Waals surface area (Å²) < 4.78 is 0.869. The van der Waals surface area contributed by atoms with E-state index in [-0.39, 0.29) is 24.1 Å². The molecule has 0 radical (unpaired) electrons. The van der Waals surface area contributed by atoms with Crippen molar-refractivity contribution in [1.82, 2.24) is 10.2 Å². The minimum absolute atomic E-state index is 0.147. The molecule has 0 bridgehead atoms. The fourth-order valence-corrected chi connectivity index (χ4v) is 3.04. The summed E-state index contributed by atoms with van der Waals surface area (Å²) in [7, 11) is 0. The smallest absolute Gasteiger partial charge is 0.255 e. The van der Waals surface area contributed by atoms with E-state index in [9.17, 15) is 14.4 Å². The Hall–Kier alpha value is -1.69. The molecule has 2 aliphatic heterocycles. The number of benzene rings is 1. The van der Waals surface area contributed by atoms with Gasteiger partial charge in [-0.15, -0.1) is 0 Å². The van der Waals surface area contributed by atoms with Gasteiger partial charge in [-0.3, -0.25) is 19.7 Å². The van der Waals surface area contributed by atoms with Gasteiger partial charge in [0.2, 0.25) is 11.8 Å². The molecule has 0 unspecified atom stereocenters. The Morgan fingerprint density at radius 3 is 2.74 bits per heavy atom. The number of amides is 3. The molecular formula is C13H11BrN2O3. The molecule has 98 valence electrons. The third-order valence-electron chi connectivity index (χ3n) is 3.52. The summed E-state index contributed by atoms with van der Waals surface area (Å²) in [4.78, 5) is 36.8. The van der Waals surface area contributed by atoms with Crippen LogP contribution in [0.4, 0.5) is 0 Å². The van der Waals surface area contributed by atoms with Crippen LogP contribution in [-0.4, -0.2) is 28.7 Å². The lowest BCUT2D eigenvalue weighted by atomic mass is 10.0. The number of hydrogen-bond donors (Lipinski definition) is 1. The highest BCUT2D eigenvalue weighted by molar-refractivity contribution is 9.10. The van der Waals surface area contributed by atoms with Crippen molar-refractivity contribution in [1.29, 1.82) is 0 Å². The van der Waals surface area contributed by atoms with Crippen LogP contribution in [0.3, 0.4) is 0 Å². The Morgan fingerprint density at radius 2 is 2.05 bits per heavy atom. The fraction of sp³-hybridized carbons (Fsp3) is 0.308. The van der Waals surface area contributed by atoms with Gasteiger partial charge >= 0.3 is 0 Å². The average Bonchev–Trinajstić information content (AvgIpc) is 2.69. The normalized spacial score (nSPS) is 22.5. The van der Waals surface area contributed by atoms with Gasteiger partial charge in [0.05, 0.1) is 0 Å². The molecule has 5 nitrogen and oxygen atoms in total. The van der Waals surface area contributed by atoms with Gasteiger partial charge in [-0.1, -0.05) is 22.0 Å². The van der Waals surface area contributed by atoms with Crippen LogP contribution in [0.2, 0.25) is 0 Å². The largest absolute Gasteiger partial charge is 0.322 e. The first-order chi connectivity index (χ1) is 9.08. The first-order valence-electron chi connectivity index (χ1n) is 6.00. The molecule has 1 N–H and O–H groups in total. The number of carbonyl (C=O) groups is 3. The SMILES string of the molecule is O=C1CC[C@@H](N2Cc3c(Br)cccc3C2=O)C(=O)N1. The van der Waals surface area contributed by atoms with E-state index in [0.29, 0.717) is 18.5 Å². The lowest BCUT2D eigenvalue weighted by Crippen LogP contribution is -2.52. The maximum absolute atomic E-state index is 12.3. The number of carbonyl (C=O) groups excluding carboxylic acids is 3. The lowest BCUT2D eigenvalue weighted by molar-refractivity contribution is -0.136. The van der Waals surface area contributed by atoms with Crippen molar-refractivity contribution in [3.63, 3.8) is 0 Å². The predicted molar refractivity (Wildman–Crippen MR) is 70.2 cm³/mol. The summed E-state index contributed by atoms with van der Waals surface area (Å²) in [5, 5.41) is 2.28. The van der Waals surface area contributed by atoms with Gasteiger partial charge in [-0.25, -0.2) is 0 Å². The first kappa shape index (κ1) is 12.3. The molecule has 19 heavy (non-hydrogen) atoms. The highest BCUT2D eigenvalue weighted by Crippen LogP contribution is 2.31. The third-order valence-corrected chi connectivity index (χ3v) is 4.27. The summed E-state index contributed by atoms with van der Waals surface area (Å²) in [6, 6.07) is 4.88. The van der Waals surface area contributed by atoms with Gasteiger partial charge in [-0.2, -0.15) is 0 Å². The van der Waals surface area contributed by atoms with Crippen molar-refractivity contribution in [2.45, 2.75) is 25.4 Å². The van der Waals surface area contributed by atoms with Crippen LogP contribution in [0.15, 0.2) is 22.7 Å². The number of nitrogens with one attached hydrogen (secondary N) is 1. The van der Waals surface area contributed by atoms with Crippen LogP contribution in [0.5, 0.6) is 0 Å². The zero-order valence-electron chi connectivity index (χ0n) is 9.98. The topological polar surface area (TPSA) is 66.5 Å². The highest BCUT2D eigenvalue weighted by Gasteiger charge is 2.39. The minimum atomic E-state index is -0.551. The molecule has 0 spiro atoms. The molecule has 6 heteroatoms. The number of halogens is 1. The summed E-state index contributed by atoms with van der Waals surface area (Å²) in [6.45, 7) is 0.405. The zero-order valence-corrected chi connectivity index (χ0v) is 11.6. The van der Waals surface area contributed by atoms with E-state index in [1.54, 1.807) is 12.1 Å². The molecular weight excluding hydrogens is 312 g/mol. The molecule has 1 saturated heterocycles. The molecule has 1 aromatic rings. The van der Waals surface area contributed by atoms with Crippen molar-refractivity contribution in [3.8, 4) is 0 Å². The Kier molecular flexibility index (Phi) is 2.89. The number of rotatable bonds is 1. The average molecular weight is 323 g/mol. The standard InChI is InChI=1S/C13H11BrN2O3/c14-9-3-1-2-7-8(9)6-16(13(7)19)10-4-5-11(17)15-12(10)18/h1-3,10H,4-6H2,(H,15,17,18)/t10-/m1/s1. The van der Waals surface area contributed by atoms with E-state index in [4.69, 9.17) is 0 Å². The second kappa shape index (κ2) is 4.45. The van der Waals surface area contributed by atoms with Crippen LogP contribution in [0.25, 0.3) is 0 Å². The highest BCUT2D eigenvalue weighted by atomic mass is 79.9. The van der Waals surface area contributed by atoms with Gasteiger partial charge in [-0.05, 0) is 24.1 Å². The summed E-state index contributed by atoms with van der Waals surface area (Å²) >= 11 is 3.42. The lowest BCUT2D eigenvalue weighted by Gasteiger charge is -2.29. The molecule has 1 fully saturated rings. The number of piperidine rings is 1. The van der Waals surface area contributed by atoms with Gasteiger partial charge in [0, 0.05) is 23.0 Å². The monoisotopic (exact) mass is 322 g/mol. The quantitative estimate of drug-likeness (QED) is 0.790. The van der Waals surface area contributed by atoms with Crippen molar-refractivity contribution < 1.29 is 14.4 Å². The molecule has 3 rings (SSSR count). The van der Waals surface area contributed by atoms with Gasteiger partial charge < -0.3 is 4.90 Å². The predicted octanol–water partition coefficient (Wildman–Crippen LogP) is 1.21. The van der Waals surface area contributed by atoms with E-state index in [2.05, 4.69) is 21.2 Å². The molecule has 3 amide bonds. The summed E-state index contributed by atoms with van der Waals surface area (Å²) in [6.07, 6.45) is 0.666. The van der Waals surface area contributed by atoms with Crippen LogP contribution < -0.4 is 5.32 Å². The number of fused-ring (bicyclic) bond motifs is 1. The first-order valence-corrected chi connectivity index (χ1v) is 6.79. The number of imide groups is 1. The fourth-order valence-electron chi connectivity index (χ4n) is 2.55. The van der Waals surface area contributed by atoms with E-state index in [1.807, 2.05) is 6.07 Å². The van der Waals surface area contributed by atoms with Crippen LogP contribution in [0, 0.1) is 0 Å². The maximum atomic E-state index is 12.3. The Morgan fingerprint density at radius 1 is 1.26 bits per heavy atom. The van der Waals surface area contributed by atoms with Gasteiger partial charge in [0.25, 0.3) is 5.91 Å². The van der Waals surface area contributed by atoms with Gasteiger partial charge in [0.15, 0.2) is 0 Å². The van der Waals surface area contributed by atoms with Crippen molar-refractivity contribution in [3.05, 3.63) is 33.8 Å². The summed E-state index contributed by atoms with van der Waals surface area (Å²) in [5.74, 6) is -0.800. The van der Waals surface area contributed by atoms with Crippen molar-refractivity contribution >= 4 is 33.7 Å². The second-order valence-electron chi connectivity index (χ2n) is 4.67. The molecule has 1 atom stereocenters. The van der Waals surface area contributed by atoms with Crippen LogP contribution >= 0.6 is 15.9 Å². The third kappa shape index (κ3) is 1.96. The number of nitrogens with zero attached hydrogens (tertiary/aromatic N) is 1. The molecule has 0 aliphatic carbocycles. The minimum Gasteiger partial charge on any atom is -0.322 e. The zero-order chi connectivity index (χ0) is 13.6. The summed E-state index contributed by atoms with van der Waals surface area (Å²) in [5.41, 5.74) is 1.52. The van der Waals surface area contributed by atoms with E-state index < -0.39 is 6.04 Å². The maximum Gasteiger partial charge on any atom is 0.255 e. The number of hydrogen-bond acceptors (Lipinski definition) is 3. The van der Waals surface area contributed by atoms with E-state index in [1.165, 1.54) is 4.90 Å². The van der Waals surface area contributed by atoms with Crippen molar-refractivity contribution in [2.75, 3.05) is 0 Å². The van der Waals surface area contributed by atoms with Crippen LogP contribution in [0.1, 0.15) is 28.8 Å². The molecule has 2 aliphatic rings. The Labute approximate surface area is 118 Å². The molecule has 0 aromatic heterocycles. The van der Waals surface area contributed by atoms with Gasteiger partial charge in [0.1, 0.15) is 6.04 Å². The van der Waals surface area contributed by atoms with Crippen molar-refractivity contribution in [2.24, 2.45) is 0 Å². The second-order valence-corrected chi connectivity index (χ2v) is 5.52. The molecule has 0 saturated carbocycles. The van der Waals surface area contributed by atoms with E-state index in [0.717, 1.165) is 10.0 Å². The van der Waals surface area contributed by atoms with Crippen LogP contribution in [-0.2, 0) is 16.1 Å². The molecule has 1 aromatic carbocycles.